The SMILES string of the molecule is CC(C)NC(=O)Cn1c(-c2cccc(Cl)c2)nc2ccc(C3CC(CN4CCC(F)CC4)C3)cc2c1=O. The molecule has 37 heavy (non-hydrogen) atoms. The lowest BCUT2D eigenvalue weighted by Crippen LogP contribution is -2.40. The summed E-state index contributed by atoms with van der Waals surface area (Å²) in [6.07, 6.45) is 2.79. The van der Waals surface area contributed by atoms with Crippen LogP contribution < -0.4 is 10.9 Å². The quantitative estimate of drug-likeness (QED) is 0.463. The van der Waals surface area contributed by atoms with Crippen molar-refractivity contribution in [2.24, 2.45) is 5.92 Å². The number of carbonyl (C=O) groups is 1. The van der Waals surface area contributed by atoms with Gasteiger partial charge in [-0.05, 0) is 81.2 Å². The highest BCUT2D eigenvalue weighted by Gasteiger charge is 2.33. The third-order valence-electron chi connectivity index (χ3n) is 7.55. The molecule has 1 aromatic heterocycles. The molecule has 196 valence electrons. The molecule has 1 aliphatic heterocycles. The lowest BCUT2D eigenvalue weighted by atomic mass is 9.71. The van der Waals surface area contributed by atoms with Crippen molar-refractivity contribution in [1.29, 1.82) is 0 Å². The summed E-state index contributed by atoms with van der Waals surface area (Å²) in [6.45, 7) is 6.38. The molecule has 1 N–H and O–H groups in total. The van der Waals surface area contributed by atoms with Crippen LogP contribution in [0.5, 0.6) is 0 Å². The normalized spacial score (nSPS) is 20.8. The molecule has 2 fully saturated rings. The Balaban J connectivity index is 1.41. The lowest BCUT2D eigenvalue weighted by molar-refractivity contribution is -0.122. The second-order valence-electron chi connectivity index (χ2n) is 10.8. The number of rotatable bonds is 7. The van der Waals surface area contributed by atoms with Gasteiger partial charge >= 0.3 is 0 Å². The maximum absolute atomic E-state index is 13.7. The highest BCUT2D eigenvalue weighted by atomic mass is 35.5. The molecule has 0 radical (unpaired) electrons. The van der Waals surface area contributed by atoms with E-state index in [-0.39, 0.29) is 24.1 Å². The molecule has 2 aliphatic rings. The number of fused-ring (bicyclic) bond motifs is 1. The van der Waals surface area contributed by atoms with Crippen LogP contribution in [0, 0.1) is 5.92 Å². The van der Waals surface area contributed by atoms with Gasteiger partial charge in [0, 0.05) is 36.3 Å². The minimum atomic E-state index is -0.642. The molecule has 0 bridgehead atoms. The summed E-state index contributed by atoms with van der Waals surface area (Å²) in [5, 5.41) is 3.93. The Bertz CT molecular complexity index is 1340. The van der Waals surface area contributed by atoms with E-state index in [1.54, 1.807) is 12.1 Å². The molecule has 1 saturated heterocycles. The van der Waals surface area contributed by atoms with Gasteiger partial charge in [0.25, 0.3) is 5.56 Å². The Morgan fingerprint density at radius 3 is 2.62 bits per heavy atom. The van der Waals surface area contributed by atoms with Crippen molar-refractivity contribution in [2.75, 3.05) is 19.6 Å². The third kappa shape index (κ3) is 5.88. The molecule has 6 nitrogen and oxygen atoms in total. The number of piperidine rings is 1. The monoisotopic (exact) mass is 524 g/mol. The summed E-state index contributed by atoms with van der Waals surface area (Å²) in [7, 11) is 0. The molecule has 2 heterocycles. The zero-order valence-corrected chi connectivity index (χ0v) is 22.2. The van der Waals surface area contributed by atoms with Crippen molar-refractivity contribution in [1.82, 2.24) is 19.8 Å². The fourth-order valence-corrected chi connectivity index (χ4v) is 5.79. The second-order valence-corrected chi connectivity index (χ2v) is 11.3. The van der Waals surface area contributed by atoms with Gasteiger partial charge in [0.15, 0.2) is 0 Å². The number of nitrogens with zero attached hydrogens (tertiary/aromatic N) is 3. The molecule has 0 spiro atoms. The number of amides is 1. The summed E-state index contributed by atoms with van der Waals surface area (Å²) in [6, 6.07) is 13.1. The van der Waals surface area contributed by atoms with Crippen molar-refractivity contribution < 1.29 is 9.18 Å². The molecule has 0 atom stereocenters. The van der Waals surface area contributed by atoms with Gasteiger partial charge in [0.2, 0.25) is 5.91 Å². The maximum Gasteiger partial charge on any atom is 0.262 e. The molecule has 5 rings (SSSR count). The Hall–Kier alpha value is -2.77. The number of hydrogen-bond donors (Lipinski definition) is 1. The van der Waals surface area contributed by atoms with E-state index in [9.17, 15) is 14.0 Å². The zero-order chi connectivity index (χ0) is 26.1. The van der Waals surface area contributed by atoms with E-state index in [2.05, 4.69) is 16.3 Å². The Morgan fingerprint density at radius 2 is 1.92 bits per heavy atom. The van der Waals surface area contributed by atoms with E-state index in [4.69, 9.17) is 16.6 Å². The van der Waals surface area contributed by atoms with E-state index in [0.717, 1.165) is 38.0 Å². The van der Waals surface area contributed by atoms with Crippen LogP contribution in [0.3, 0.4) is 0 Å². The number of alkyl halides is 1. The number of halogens is 2. The molecule has 0 unspecified atom stereocenters. The van der Waals surface area contributed by atoms with E-state index in [0.29, 0.717) is 52.0 Å². The average molecular weight is 525 g/mol. The molecular formula is C29H34ClFN4O2. The minimum Gasteiger partial charge on any atom is -0.352 e. The fraction of sp³-hybridized carbons (Fsp3) is 0.483. The van der Waals surface area contributed by atoms with Gasteiger partial charge in [-0.2, -0.15) is 0 Å². The van der Waals surface area contributed by atoms with Crippen molar-refractivity contribution in [3.63, 3.8) is 0 Å². The van der Waals surface area contributed by atoms with Gasteiger partial charge in [-0.3, -0.25) is 14.2 Å². The highest BCUT2D eigenvalue weighted by Crippen LogP contribution is 2.42. The maximum atomic E-state index is 13.7. The number of nitrogens with one attached hydrogen (secondary N) is 1. The molecule has 1 saturated carbocycles. The summed E-state index contributed by atoms with van der Waals surface area (Å²) >= 11 is 6.22. The average Bonchev–Trinajstić information content (AvgIpc) is 2.83. The number of aromatic nitrogens is 2. The van der Waals surface area contributed by atoms with Crippen molar-refractivity contribution in [3.05, 3.63) is 63.4 Å². The topological polar surface area (TPSA) is 67.2 Å². The summed E-state index contributed by atoms with van der Waals surface area (Å²) in [4.78, 5) is 33.6. The fourth-order valence-electron chi connectivity index (χ4n) is 5.60. The van der Waals surface area contributed by atoms with Crippen LogP contribution in [0.15, 0.2) is 47.3 Å². The van der Waals surface area contributed by atoms with Crippen molar-refractivity contribution in [2.45, 2.75) is 64.2 Å². The molecule has 2 aromatic carbocycles. The van der Waals surface area contributed by atoms with Crippen LogP contribution >= 0.6 is 11.6 Å². The van der Waals surface area contributed by atoms with E-state index < -0.39 is 6.17 Å². The first-order chi connectivity index (χ1) is 17.8. The van der Waals surface area contributed by atoms with Gasteiger partial charge in [-0.1, -0.05) is 29.8 Å². The molecule has 8 heteroatoms. The highest BCUT2D eigenvalue weighted by molar-refractivity contribution is 6.30. The van der Waals surface area contributed by atoms with Gasteiger partial charge in [0.1, 0.15) is 18.5 Å². The van der Waals surface area contributed by atoms with Crippen LogP contribution in [0.4, 0.5) is 4.39 Å². The van der Waals surface area contributed by atoms with E-state index in [1.165, 1.54) is 4.57 Å². The predicted octanol–water partition coefficient (Wildman–Crippen LogP) is 5.17. The summed E-state index contributed by atoms with van der Waals surface area (Å²) < 4.78 is 14.9. The zero-order valence-electron chi connectivity index (χ0n) is 21.4. The Kier molecular flexibility index (Phi) is 7.63. The van der Waals surface area contributed by atoms with Gasteiger partial charge in [-0.15, -0.1) is 0 Å². The first kappa shape index (κ1) is 25.9. The third-order valence-corrected chi connectivity index (χ3v) is 7.79. The van der Waals surface area contributed by atoms with Crippen LogP contribution in [-0.2, 0) is 11.3 Å². The second kappa shape index (κ2) is 10.9. The number of hydrogen-bond acceptors (Lipinski definition) is 4. The Labute approximate surface area is 221 Å². The molecular weight excluding hydrogens is 491 g/mol. The summed E-state index contributed by atoms with van der Waals surface area (Å²) in [5.74, 6) is 1.19. The minimum absolute atomic E-state index is 0.0345. The number of likely N-dealkylation sites (tertiary alicyclic amines) is 1. The van der Waals surface area contributed by atoms with Crippen LogP contribution in [0.2, 0.25) is 5.02 Å². The lowest BCUT2D eigenvalue weighted by Gasteiger charge is -2.40. The van der Waals surface area contributed by atoms with E-state index in [1.807, 2.05) is 38.1 Å². The van der Waals surface area contributed by atoms with Crippen LogP contribution in [0.1, 0.15) is 51.0 Å². The molecule has 1 aliphatic carbocycles. The van der Waals surface area contributed by atoms with Gasteiger partial charge < -0.3 is 10.2 Å². The largest absolute Gasteiger partial charge is 0.352 e. The molecule has 3 aromatic rings. The molecule has 1 amide bonds. The van der Waals surface area contributed by atoms with E-state index >= 15 is 0 Å². The first-order valence-corrected chi connectivity index (χ1v) is 13.6. The Morgan fingerprint density at radius 1 is 1.16 bits per heavy atom. The van der Waals surface area contributed by atoms with Gasteiger partial charge in [-0.25, -0.2) is 9.37 Å². The standard InChI is InChI=1S/C29H34ClFN4O2/c1-18(2)32-27(36)17-35-28(21-4-3-5-23(30)14-21)33-26-7-6-20(15-25(26)29(35)37)22-12-19(13-22)16-34-10-8-24(31)9-11-34/h3-7,14-15,18-19,22,24H,8-13,16-17H2,1-2H3,(H,32,36). The number of carbonyl (C=O) groups excluding carboxylic acids is 1. The van der Waals surface area contributed by atoms with Gasteiger partial charge in [0.05, 0.1) is 10.9 Å². The smallest absolute Gasteiger partial charge is 0.262 e. The number of benzene rings is 2. The van der Waals surface area contributed by atoms with Crippen molar-refractivity contribution >= 4 is 28.4 Å². The van der Waals surface area contributed by atoms with Crippen LogP contribution in [-0.4, -0.2) is 52.2 Å². The summed E-state index contributed by atoms with van der Waals surface area (Å²) in [5.41, 5.74) is 2.20. The predicted molar refractivity (Wildman–Crippen MR) is 146 cm³/mol. The first-order valence-electron chi connectivity index (χ1n) is 13.2. The van der Waals surface area contributed by atoms with Crippen LogP contribution in [0.25, 0.3) is 22.3 Å². The van der Waals surface area contributed by atoms with Crippen molar-refractivity contribution in [3.8, 4) is 11.4 Å².